The highest BCUT2D eigenvalue weighted by Gasteiger charge is 2.19. The predicted molar refractivity (Wildman–Crippen MR) is 123 cm³/mol. The van der Waals surface area contributed by atoms with Crippen LogP contribution in [-0.2, 0) is 30.0 Å². The zero-order valence-electron chi connectivity index (χ0n) is 17.4. The Bertz CT molecular complexity index is 1020. The van der Waals surface area contributed by atoms with E-state index in [4.69, 9.17) is 14.6 Å². The van der Waals surface area contributed by atoms with Crippen LogP contribution in [0.4, 0.5) is 0 Å². The first-order valence-corrected chi connectivity index (χ1v) is 11.6. The summed E-state index contributed by atoms with van der Waals surface area (Å²) < 4.78 is 11.4. The summed E-state index contributed by atoms with van der Waals surface area (Å²) in [6, 6.07) is 22.4. The fourth-order valence-electron chi connectivity index (χ4n) is 3.80. The smallest absolute Gasteiger partial charge is 0.341 e. The van der Waals surface area contributed by atoms with E-state index < -0.39 is 5.97 Å². The molecule has 160 valence electrons. The summed E-state index contributed by atoms with van der Waals surface area (Å²) in [5.41, 5.74) is 4.90. The number of carboxylic acid groups (broad SMARTS) is 1. The summed E-state index contributed by atoms with van der Waals surface area (Å²) >= 11 is 1.82. The van der Waals surface area contributed by atoms with Crippen molar-refractivity contribution in [1.29, 1.82) is 0 Å². The molecule has 5 heteroatoms. The molecule has 3 aromatic rings. The number of hydrogen-bond acceptors (Lipinski definition) is 4. The molecule has 0 saturated heterocycles. The molecule has 0 aromatic heterocycles. The average Bonchev–Trinajstić information content (AvgIpc) is 2.81. The van der Waals surface area contributed by atoms with Crippen molar-refractivity contribution in [3.8, 4) is 11.5 Å². The highest BCUT2D eigenvalue weighted by Crippen LogP contribution is 2.38. The second kappa shape index (κ2) is 10.4. The molecule has 4 nitrogen and oxygen atoms in total. The number of fused-ring (bicyclic) bond motifs is 1. The lowest BCUT2D eigenvalue weighted by atomic mass is 9.91. The maximum absolute atomic E-state index is 10.9. The zero-order valence-corrected chi connectivity index (χ0v) is 18.2. The van der Waals surface area contributed by atoms with Crippen molar-refractivity contribution < 1.29 is 19.4 Å². The van der Waals surface area contributed by atoms with E-state index in [0.29, 0.717) is 6.61 Å². The van der Waals surface area contributed by atoms with Crippen molar-refractivity contribution in [3.63, 3.8) is 0 Å². The number of benzene rings is 3. The van der Waals surface area contributed by atoms with Gasteiger partial charge in [0.05, 0.1) is 0 Å². The van der Waals surface area contributed by atoms with Gasteiger partial charge in [0.1, 0.15) is 18.1 Å². The van der Waals surface area contributed by atoms with E-state index in [1.165, 1.54) is 21.6 Å². The van der Waals surface area contributed by atoms with Crippen LogP contribution in [0.5, 0.6) is 11.5 Å². The standard InChI is InChI=1S/C26H26O4S/c27-26(28)17-30-24-14-15-25(23-9-5-4-8-22(23)24)31-18-20-10-12-21(13-11-20)29-16-19-6-2-1-3-7-19/h1-3,6-7,10-15H,4-5,8-9,16-18H2,(H,27,28). The molecular formula is C26H26O4S. The van der Waals surface area contributed by atoms with Crippen molar-refractivity contribution in [2.45, 2.75) is 42.9 Å². The zero-order chi connectivity index (χ0) is 21.5. The Morgan fingerprint density at radius 2 is 1.58 bits per heavy atom. The Labute approximate surface area is 187 Å². The lowest BCUT2D eigenvalue weighted by molar-refractivity contribution is -0.139. The van der Waals surface area contributed by atoms with E-state index in [1.54, 1.807) is 0 Å². The number of ether oxygens (including phenoxy) is 2. The Morgan fingerprint density at radius 3 is 2.32 bits per heavy atom. The molecule has 0 spiro atoms. The summed E-state index contributed by atoms with van der Waals surface area (Å²) in [4.78, 5) is 12.1. The molecule has 4 rings (SSSR count). The largest absolute Gasteiger partial charge is 0.489 e. The van der Waals surface area contributed by atoms with Crippen LogP contribution in [0.2, 0.25) is 0 Å². The van der Waals surface area contributed by atoms with Gasteiger partial charge < -0.3 is 14.6 Å². The van der Waals surface area contributed by atoms with Gasteiger partial charge in [-0.3, -0.25) is 0 Å². The summed E-state index contributed by atoms with van der Waals surface area (Å²) in [6.45, 7) is 0.273. The van der Waals surface area contributed by atoms with E-state index in [9.17, 15) is 4.79 Å². The van der Waals surface area contributed by atoms with Gasteiger partial charge in [-0.25, -0.2) is 4.79 Å². The molecule has 0 atom stereocenters. The SMILES string of the molecule is O=C(O)COc1ccc(SCc2ccc(OCc3ccccc3)cc2)c2c1CCCC2. The lowest BCUT2D eigenvalue weighted by Crippen LogP contribution is -2.13. The van der Waals surface area contributed by atoms with Crippen LogP contribution < -0.4 is 9.47 Å². The fourth-order valence-corrected chi connectivity index (χ4v) is 4.87. The lowest BCUT2D eigenvalue weighted by Gasteiger charge is -2.22. The van der Waals surface area contributed by atoms with Gasteiger partial charge in [0.15, 0.2) is 6.61 Å². The van der Waals surface area contributed by atoms with Gasteiger partial charge in [-0.2, -0.15) is 0 Å². The van der Waals surface area contributed by atoms with Crippen LogP contribution in [0, 0.1) is 0 Å². The second-order valence-electron chi connectivity index (χ2n) is 7.62. The number of thioether (sulfide) groups is 1. The number of carbonyl (C=O) groups is 1. The number of carboxylic acids is 1. The average molecular weight is 435 g/mol. The maximum atomic E-state index is 10.9. The van der Waals surface area contributed by atoms with Crippen LogP contribution in [0.25, 0.3) is 0 Å². The Balaban J connectivity index is 1.38. The van der Waals surface area contributed by atoms with Gasteiger partial charge >= 0.3 is 5.97 Å². The highest BCUT2D eigenvalue weighted by atomic mass is 32.2. The first-order chi connectivity index (χ1) is 15.2. The van der Waals surface area contributed by atoms with Crippen LogP contribution in [0.1, 0.15) is 35.1 Å². The van der Waals surface area contributed by atoms with Crippen molar-refractivity contribution in [2.75, 3.05) is 6.61 Å². The normalized spacial score (nSPS) is 12.8. The van der Waals surface area contributed by atoms with Gasteiger partial charge in [-0.05, 0) is 72.2 Å². The summed E-state index contributed by atoms with van der Waals surface area (Å²) in [5.74, 6) is 1.52. The Morgan fingerprint density at radius 1 is 0.839 bits per heavy atom. The van der Waals surface area contributed by atoms with Crippen molar-refractivity contribution in [1.82, 2.24) is 0 Å². The third-order valence-electron chi connectivity index (χ3n) is 5.37. The van der Waals surface area contributed by atoms with Crippen LogP contribution in [-0.4, -0.2) is 17.7 Å². The van der Waals surface area contributed by atoms with Gasteiger partial charge in [0.2, 0.25) is 0 Å². The molecule has 0 heterocycles. The van der Waals surface area contributed by atoms with Gasteiger partial charge in [0, 0.05) is 10.6 Å². The van der Waals surface area contributed by atoms with E-state index >= 15 is 0 Å². The maximum Gasteiger partial charge on any atom is 0.341 e. The first-order valence-electron chi connectivity index (χ1n) is 10.6. The molecule has 0 bridgehead atoms. The first kappa shape index (κ1) is 21.3. The van der Waals surface area contributed by atoms with Crippen molar-refractivity contribution in [2.24, 2.45) is 0 Å². The molecule has 0 saturated carbocycles. The monoisotopic (exact) mass is 434 g/mol. The van der Waals surface area contributed by atoms with E-state index in [2.05, 4.69) is 30.3 Å². The molecular weight excluding hydrogens is 408 g/mol. The minimum atomic E-state index is -0.945. The molecule has 0 amide bonds. The molecule has 3 aromatic carbocycles. The number of aliphatic carboxylic acids is 1. The third-order valence-corrected chi connectivity index (χ3v) is 6.54. The van der Waals surface area contributed by atoms with Gasteiger partial charge in [-0.1, -0.05) is 42.5 Å². The van der Waals surface area contributed by atoms with Crippen molar-refractivity contribution in [3.05, 3.63) is 89.0 Å². The third kappa shape index (κ3) is 5.82. The fraction of sp³-hybridized carbons (Fsp3) is 0.269. The van der Waals surface area contributed by atoms with Gasteiger partial charge in [0.25, 0.3) is 0 Å². The Hall–Kier alpha value is -2.92. The van der Waals surface area contributed by atoms with Crippen LogP contribution in [0.3, 0.4) is 0 Å². The molecule has 0 fully saturated rings. The Kier molecular flexibility index (Phi) is 7.15. The second-order valence-corrected chi connectivity index (χ2v) is 8.63. The van der Waals surface area contributed by atoms with E-state index in [0.717, 1.165) is 48.5 Å². The molecule has 1 aliphatic carbocycles. The van der Waals surface area contributed by atoms with Crippen molar-refractivity contribution >= 4 is 17.7 Å². The highest BCUT2D eigenvalue weighted by molar-refractivity contribution is 7.98. The summed E-state index contributed by atoms with van der Waals surface area (Å²) in [5, 5.41) is 8.92. The quantitative estimate of drug-likeness (QED) is 0.425. The molecule has 0 aliphatic heterocycles. The van der Waals surface area contributed by atoms with Gasteiger partial charge in [-0.15, -0.1) is 11.8 Å². The molecule has 0 unspecified atom stereocenters. The minimum Gasteiger partial charge on any atom is -0.489 e. The molecule has 0 radical (unpaired) electrons. The van der Waals surface area contributed by atoms with E-state index in [-0.39, 0.29) is 6.61 Å². The molecule has 1 N–H and O–H groups in total. The minimum absolute atomic E-state index is 0.294. The number of rotatable bonds is 9. The number of hydrogen-bond donors (Lipinski definition) is 1. The molecule has 1 aliphatic rings. The summed E-state index contributed by atoms with van der Waals surface area (Å²) in [6.07, 6.45) is 4.26. The topological polar surface area (TPSA) is 55.8 Å². The van der Waals surface area contributed by atoms with Crippen LogP contribution in [0.15, 0.2) is 71.6 Å². The predicted octanol–water partition coefficient (Wildman–Crippen LogP) is 5.90. The molecule has 31 heavy (non-hydrogen) atoms. The summed E-state index contributed by atoms with van der Waals surface area (Å²) in [7, 11) is 0. The van der Waals surface area contributed by atoms with Crippen LogP contribution >= 0.6 is 11.8 Å². The van der Waals surface area contributed by atoms with E-state index in [1.807, 2.05) is 48.2 Å².